The highest BCUT2D eigenvalue weighted by Gasteiger charge is 2.33. The average Bonchev–Trinajstić information content (AvgIpc) is 2.72. The van der Waals surface area contributed by atoms with Crippen molar-refractivity contribution in [3.63, 3.8) is 0 Å². The molecule has 2 heterocycles. The Hall–Kier alpha value is -0.650. The molecule has 5 heteroatoms. The Morgan fingerprint density at radius 3 is 2.83 bits per heavy atom. The van der Waals surface area contributed by atoms with Crippen molar-refractivity contribution >= 4 is 5.91 Å². The summed E-state index contributed by atoms with van der Waals surface area (Å²) in [4.78, 5) is 16.4. The van der Waals surface area contributed by atoms with E-state index in [1.807, 2.05) is 4.90 Å². The molecule has 0 aromatic heterocycles. The van der Waals surface area contributed by atoms with Crippen molar-refractivity contribution in [3.05, 3.63) is 0 Å². The van der Waals surface area contributed by atoms with Crippen molar-refractivity contribution in [1.82, 2.24) is 15.1 Å². The zero-order valence-corrected chi connectivity index (χ0v) is 11.5. The van der Waals surface area contributed by atoms with E-state index in [4.69, 9.17) is 4.74 Å². The van der Waals surface area contributed by atoms with Crippen LogP contribution >= 0.6 is 0 Å². The molecule has 0 bridgehead atoms. The first-order valence-corrected chi connectivity index (χ1v) is 7.07. The van der Waals surface area contributed by atoms with E-state index in [-0.39, 0.29) is 18.1 Å². The minimum absolute atomic E-state index is 0.235. The molecule has 5 nitrogen and oxygen atoms in total. The lowest BCUT2D eigenvalue weighted by molar-refractivity contribution is -0.130. The predicted molar refractivity (Wildman–Crippen MR) is 70.3 cm³/mol. The standard InChI is InChI=1S/C13H25N3O2/c1-3-4-12-14-9-13(17)16(12)11(2)10-15-5-7-18-8-6-15/h11-12,14H,3-10H2,1-2H3. The van der Waals surface area contributed by atoms with Crippen molar-refractivity contribution in [1.29, 1.82) is 0 Å². The van der Waals surface area contributed by atoms with Crippen LogP contribution in [-0.2, 0) is 9.53 Å². The molecule has 1 N–H and O–H groups in total. The van der Waals surface area contributed by atoms with Crippen molar-refractivity contribution in [3.8, 4) is 0 Å². The van der Waals surface area contributed by atoms with Crippen LogP contribution in [0.1, 0.15) is 26.7 Å². The van der Waals surface area contributed by atoms with Gasteiger partial charge < -0.3 is 9.64 Å². The largest absolute Gasteiger partial charge is 0.379 e. The van der Waals surface area contributed by atoms with Gasteiger partial charge in [0.25, 0.3) is 0 Å². The Labute approximate surface area is 109 Å². The first-order valence-electron chi connectivity index (χ1n) is 7.07. The van der Waals surface area contributed by atoms with E-state index in [0.717, 1.165) is 45.7 Å². The topological polar surface area (TPSA) is 44.8 Å². The lowest BCUT2D eigenvalue weighted by Crippen LogP contribution is -2.50. The Morgan fingerprint density at radius 1 is 1.44 bits per heavy atom. The van der Waals surface area contributed by atoms with E-state index >= 15 is 0 Å². The quantitative estimate of drug-likeness (QED) is 0.766. The van der Waals surface area contributed by atoms with Crippen molar-refractivity contribution in [2.75, 3.05) is 39.4 Å². The highest BCUT2D eigenvalue weighted by molar-refractivity contribution is 5.81. The van der Waals surface area contributed by atoms with Crippen LogP contribution in [0.5, 0.6) is 0 Å². The lowest BCUT2D eigenvalue weighted by atomic mass is 10.2. The molecule has 0 spiro atoms. The van der Waals surface area contributed by atoms with Crippen LogP contribution in [0.25, 0.3) is 0 Å². The highest BCUT2D eigenvalue weighted by Crippen LogP contribution is 2.15. The molecule has 0 radical (unpaired) electrons. The van der Waals surface area contributed by atoms with Gasteiger partial charge >= 0.3 is 0 Å². The third-order valence-corrected chi connectivity index (χ3v) is 3.78. The summed E-state index contributed by atoms with van der Waals surface area (Å²) in [7, 11) is 0. The lowest BCUT2D eigenvalue weighted by Gasteiger charge is -2.35. The van der Waals surface area contributed by atoms with Crippen LogP contribution in [0.3, 0.4) is 0 Å². The molecule has 104 valence electrons. The molecule has 2 unspecified atom stereocenters. The number of rotatable bonds is 5. The summed E-state index contributed by atoms with van der Waals surface area (Å²) in [5.74, 6) is 0.245. The van der Waals surface area contributed by atoms with Crippen LogP contribution in [-0.4, -0.2) is 67.3 Å². The molecule has 2 aliphatic heterocycles. The third kappa shape index (κ3) is 3.22. The van der Waals surface area contributed by atoms with Crippen LogP contribution in [0.2, 0.25) is 0 Å². The smallest absolute Gasteiger partial charge is 0.238 e. The van der Waals surface area contributed by atoms with Gasteiger partial charge in [-0.3, -0.25) is 15.0 Å². The molecule has 0 aromatic carbocycles. The van der Waals surface area contributed by atoms with E-state index in [1.165, 1.54) is 0 Å². The van der Waals surface area contributed by atoms with E-state index in [9.17, 15) is 4.79 Å². The van der Waals surface area contributed by atoms with E-state index in [2.05, 4.69) is 24.1 Å². The normalized spacial score (nSPS) is 27.8. The highest BCUT2D eigenvalue weighted by atomic mass is 16.5. The summed E-state index contributed by atoms with van der Waals surface area (Å²) in [5.41, 5.74) is 0. The number of nitrogens with one attached hydrogen (secondary N) is 1. The Bertz CT molecular complexity index is 279. The summed E-state index contributed by atoms with van der Waals surface area (Å²) < 4.78 is 5.35. The van der Waals surface area contributed by atoms with Gasteiger partial charge in [-0.15, -0.1) is 0 Å². The second-order valence-corrected chi connectivity index (χ2v) is 5.25. The van der Waals surface area contributed by atoms with Crippen LogP contribution in [0.15, 0.2) is 0 Å². The molecule has 0 aliphatic carbocycles. The number of ether oxygens (including phenoxy) is 1. The van der Waals surface area contributed by atoms with Crippen LogP contribution < -0.4 is 5.32 Å². The molecule has 2 rings (SSSR count). The molecule has 1 amide bonds. The number of hydrogen-bond donors (Lipinski definition) is 1. The van der Waals surface area contributed by atoms with Gasteiger partial charge in [0.1, 0.15) is 0 Å². The average molecular weight is 255 g/mol. The minimum atomic E-state index is 0.235. The van der Waals surface area contributed by atoms with Gasteiger partial charge in [0.15, 0.2) is 0 Å². The molecule has 0 saturated carbocycles. The SMILES string of the molecule is CCCC1NCC(=O)N1C(C)CN1CCOCC1. The maximum absolute atomic E-state index is 12.0. The molecule has 0 aromatic rings. The van der Waals surface area contributed by atoms with Gasteiger partial charge in [-0.1, -0.05) is 13.3 Å². The van der Waals surface area contributed by atoms with Gasteiger partial charge in [0.2, 0.25) is 5.91 Å². The number of carbonyl (C=O) groups is 1. The Morgan fingerprint density at radius 2 is 2.17 bits per heavy atom. The summed E-state index contributed by atoms with van der Waals surface area (Å²) in [6, 6.07) is 0.280. The zero-order chi connectivity index (χ0) is 13.0. The number of carbonyl (C=O) groups excluding carboxylic acids is 1. The number of amides is 1. The van der Waals surface area contributed by atoms with E-state index in [1.54, 1.807) is 0 Å². The fourth-order valence-electron chi connectivity index (χ4n) is 2.88. The van der Waals surface area contributed by atoms with Gasteiger partial charge in [-0.25, -0.2) is 0 Å². The molecule has 2 aliphatic rings. The van der Waals surface area contributed by atoms with E-state index < -0.39 is 0 Å². The summed E-state index contributed by atoms with van der Waals surface area (Å²) >= 11 is 0. The molecular weight excluding hydrogens is 230 g/mol. The Balaban J connectivity index is 1.88. The van der Waals surface area contributed by atoms with Crippen molar-refractivity contribution < 1.29 is 9.53 Å². The molecule has 2 atom stereocenters. The van der Waals surface area contributed by atoms with Crippen molar-refractivity contribution in [2.24, 2.45) is 0 Å². The maximum atomic E-state index is 12.0. The van der Waals surface area contributed by atoms with Gasteiger partial charge in [0, 0.05) is 25.7 Å². The predicted octanol–water partition coefficient (Wildman–Crippen LogP) is 0.265. The summed E-state index contributed by atoms with van der Waals surface area (Å²) in [6.07, 6.45) is 2.38. The van der Waals surface area contributed by atoms with Crippen molar-refractivity contribution in [2.45, 2.75) is 38.9 Å². The summed E-state index contributed by atoms with van der Waals surface area (Å²) in [6.45, 7) is 9.37. The summed E-state index contributed by atoms with van der Waals surface area (Å²) in [5, 5.41) is 3.31. The van der Waals surface area contributed by atoms with Gasteiger partial charge in [0.05, 0.1) is 25.9 Å². The van der Waals surface area contributed by atoms with Gasteiger partial charge in [-0.05, 0) is 13.3 Å². The van der Waals surface area contributed by atoms with E-state index in [0.29, 0.717) is 6.54 Å². The number of hydrogen-bond acceptors (Lipinski definition) is 4. The second kappa shape index (κ2) is 6.50. The number of morpholine rings is 1. The van der Waals surface area contributed by atoms with Crippen LogP contribution in [0.4, 0.5) is 0 Å². The second-order valence-electron chi connectivity index (χ2n) is 5.25. The fourth-order valence-corrected chi connectivity index (χ4v) is 2.88. The first-order chi connectivity index (χ1) is 8.72. The fraction of sp³-hybridized carbons (Fsp3) is 0.923. The molecule has 2 fully saturated rings. The third-order valence-electron chi connectivity index (χ3n) is 3.78. The monoisotopic (exact) mass is 255 g/mol. The first kappa shape index (κ1) is 13.8. The molecular formula is C13H25N3O2. The minimum Gasteiger partial charge on any atom is -0.379 e. The Kier molecular flexibility index (Phi) is 4.97. The maximum Gasteiger partial charge on any atom is 0.238 e. The van der Waals surface area contributed by atoms with Crippen LogP contribution in [0, 0.1) is 0 Å². The number of nitrogens with zero attached hydrogens (tertiary/aromatic N) is 2. The van der Waals surface area contributed by atoms with Gasteiger partial charge in [-0.2, -0.15) is 0 Å². The molecule has 2 saturated heterocycles. The zero-order valence-electron chi connectivity index (χ0n) is 11.5. The molecule has 18 heavy (non-hydrogen) atoms.